The quantitative estimate of drug-likeness (QED) is 0.782. The van der Waals surface area contributed by atoms with E-state index < -0.39 is 22.1 Å². The number of nitrogens with zero attached hydrogens (tertiary/aromatic N) is 2. The van der Waals surface area contributed by atoms with Gasteiger partial charge < -0.3 is 9.84 Å². The Labute approximate surface area is 146 Å². The Morgan fingerprint density at radius 1 is 1.42 bits per heavy atom. The first kappa shape index (κ1) is 19.0. The number of benzene rings is 1. The van der Waals surface area contributed by atoms with E-state index in [2.05, 4.69) is 0 Å². The van der Waals surface area contributed by atoms with E-state index in [9.17, 15) is 13.2 Å². The molecule has 1 aliphatic heterocycles. The van der Waals surface area contributed by atoms with Gasteiger partial charge in [-0.2, -0.15) is 17.0 Å². The average Bonchev–Trinajstić information content (AvgIpc) is 2.55. The Morgan fingerprint density at radius 2 is 2.08 bits per heavy atom. The molecule has 1 aromatic rings. The number of rotatable bonds is 7. The highest BCUT2D eigenvalue weighted by Gasteiger charge is 2.33. The predicted molar refractivity (Wildman–Crippen MR) is 90.4 cm³/mol. The molecule has 0 saturated carbocycles. The molecule has 0 atom stereocenters. The lowest BCUT2D eigenvalue weighted by Crippen LogP contribution is -2.47. The van der Waals surface area contributed by atoms with Gasteiger partial charge in [0.1, 0.15) is 12.4 Å². The maximum atomic E-state index is 12.5. The van der Waals surface area contributed by atoms with Crippen LogP contribution in [0.5, 0.6) is 5.75 Å². The van der Waals surface area contributed by atoms with Crippen LogP contribution in [0.1, 0.15) is 12.8 Å². The van der Waals surface area contributed by atoms with E-state index in [4.69, 9.17) is 21.4 Å². The van der Waals surface area contributed by atoms with Crippen LogP contribution in [0, 0.1) is 5.92 Å². The minimum atomic E-state index is -3.61. The van der Waals surface area contributed by atoms with Gasteiger partial charge in [-0.25, -0.2) is 0 Å². The van der Waals surface area contributed by atoms with E-state index in [-0.39, 0.29) is 26.2 Å². The van der Waals surface area contributed by atoms with Crippen molar-refractivity contribution < 1.29 is 23.1 Å². The maximum Gasteiger partial charge on any atom is 0.306 e. The Kier molecular flexibility index (Phi) is 6.45. The van der Waals surface area contributed by atoms with Gasteiger partial charge in [-0.1, -0.05) is 17.7 Å². The van der Waals surface area contributed by atoms with Gasteiger partial charge >= 0.3 is 5.97 Å². The molecule has 9 heteroatoms. The van der Waals surface area contributed by atoms with Crippen molar-refractivity contribution in [2.24, 2.45) is 5.92 Å². The fourth-order valence-electron chi connectivity index (χ4n) is 2.49. The van der Waals surface area contributed by atoms with E-state index in [1.165, 1.54) is 15.7 Å². The number of ether oxygens (including phenoxy) is 1. The van der Waals surface area contributed by atoms with Crippen LogP contribution in [0.3, 0.4) is 0 Å². The maximum absolute atomic E-state index is 12.5. The van der Waals surface area contributed by atoms with E-state index in [1.807, 2.05) is 0 Å². The lowest BCUT2D eigenvalue weighted by atomic mass is 9.99. The molecule has 1 heterocycles. The van der Waals surface area contributed by atoms with Crippen LogP contribution in [0.25, 0.3) is 0 Å². The molecule has 0 unspecified atom stereocenters. The fraction of sp³-hybridized carbons (Fsp3) is 0.533. The second kappa shape index (κ2) is 8.15. The number of piperidine rings is 1. The highest BCUT2D eigenvalue weighted by Crippen LogP contribution is 2.21. The molecule has 1 aromatic carbocycles. The highest BCUT2D eigenvalue weighted by molar-refractivity contribution is 7.86. The SMILES string of the molecule is CN(CCOc1cccc(Cl)c1)S(=O)(=O)N1CCC(C(=O)O)CC1. The summed E-state index contributed by atoms with van der Waals surface area (Å²) in [5, 5.41) is 9.53. The van der Waals surface area contributed by atoms with Crippen molar-refractivity contribution in [1.82, 2.24) is 8.61 Å². The zero-order chi connectivity index (χ0) is 17.7. The standard InChI is InChI=1S/C15H21ClN2O5S/c1-17(9-10-23-14-4-2-3-13(16)11-14)24(21,22)18-7-5-12(6-8-18)15(19)20/h2-4,11-12H,5-10H2,1H3,(H,19,20). The van der Waals surface area contributed by atoms with Crippen LogP contribution in [-0.4, -0.2) is 61.4 Å². The smallest absolute Gasteiger partial charge is 0.306 e. The Hall–Kier alpha value is -1.35. The predicted octanol–water partition coefficient (Wildman–Crippen LogP) is 1.69. The summed E-state index contributed by atoms with van der Waals surface area (Å²) in [6, 6.07) is 6.89. The summed E-state index contributed by atoms with van der Waals surface area (Å²) in [7, 11) is -2.12. The second-order valence-electron chi connectivity index (χ2n) is 5.65. The van der Waals surface area contributed by atoms with Crippen molar-refractivity contribution >= 4 is 27.8 Å². The fourth-order valence-corrected chi connectivity index (χ4v) is 4.05. The summed E-state index contributed by atoms with van der Waals surface area (Å²) < 4.78 is 33.0. The minimum absolute atomic E-state index is 0.188. The molecular weight excluding hydrogens is 356 g/mol. The first-order valence-corrected chi connectivity index (χ1v) is 9.41. The van der Waals surface area contributed by atoms with Gasteiger partial charge in [0.15, 0.2) is 0 Å². The molecule has 1 saturated heterocycles. The van der Waals surface area contributed by atoms with Crippen LogP contribution in [0.15, 0.2) is 24.3 Å². The molecular formula is C15H21ClN2O5S. The van der Waals surface area contributed by atoms with Crippen molar-refractivity contribution in [3.8, 4) is 5.75 Å². The summed E-state index contributed by atoms with van der Waals surface area (Å²) in [6.45, 7) is 0.826. The van der Waals surface area contributed by atoms with Crippen molar-refractivity contribution in [3.63, 3.8) is 0 Å². The molecule has 0 aromatic heterocycles. The van der Waals surface area contributed by atoms with E-state index >= 15 is 0 Å². The second-order valence-corrected chi connectivity index (χ2v) is 8.12. The van der Waals surface area contributed by atoms with Crippen molar-refractivity contribution in [3.05, 3.63) is 29.3 Å². The number of likely N-dealkylation sites (N-methyl/N-ethyl adjacent to an activating group) is 1. The van der Waals surface area contributed by atoms with Crippen LogP contribution in [0.2, 0.25) is 5.02 Å². The van der Waals surface area contributed by atoms with Gasteiger partial charge in [0.25, 0.3) is 10.2 Å². The Balaban J connectivity index is 1.84. The topological polar surface area (TPSA) is 87.2 Å². The normalized spacial score (nSPS) is 17.1. The largest absolute Gasteiger partial charge is 0.492 e. The third-order valence-electron chi connectivity index (χ3n) is 3.99. The molecule has 0 amide bonds. The monoisotopic (exact) mass is 376 g/mol. The molecule has 1 N–H and O–H groups in total. The van der Waals surface area contributed by atoms with Crippen LogP contribution in [-0.2, 0) is 15.0 Å². The third kappa shape index (κ3) is 4.83. The number of halogens is 1. The number of carbonyl (C=O) groups is 1. The first-order valence-electron chi connectivity index (χ1n) is 7.63. The molecule has 0 bridgehead atoms. The lowest BCUT2D eigenvalue weighted by molar-refractivity contribution is -0.142. The molecule has 134 valence electrons. The average molecular weight is 377 g/mol. The van der Waals surface area contributed by atoms with E-state index in [0.717, 1.165) is 0 Å². The van der Waals surface area contributed by atoms with Crippen molar-refractivity contribution in [1.29, 1.82) is 0 Å². The van der Waals surface area contributed by atoms with Gasteiger partial charge in [-0.05, 0) is 31.0 Å². The number of carboxylic acids is 1. The summed E-state index contributed by atoms with van der Waals surface area (Å²) in [4.78, 5) is 10.9. The van der Waals surface area contributed by atoms with Crippen LogP contribution in [0.4, 0.5) is 0 Å². The summed E-state index contributed by atoms with van der Waals surface area (Å²) >= 11 is 5.86. The van der Waals surface area contributed by atoms with E-state index in [0.29, 0.717) is 23.6 Å². The van der Waals surface area contributed by atoms with Gasteiger partial charge in [-0.15, -0.1) is 0 Å². The molecule has 0 radical (unpaired) electrons. The highest BCUT2D eigenvalue weighted by atomic mass is 35.5. The summed E-state index contributed by atoms with van der Waals surface area (Å²) in [5.41, 5.74) is 0. The molecule has 7 nitrogen and oxygen atoms in total. The molecule has 0 aliphatic carbocycles. The van der Waals surface area contributed by atoms with Crippen LogP contribution < -0.4 is 4.74 Å². The van der Waals surface area contributed by atoms with Crippen molar-refractivity contribution in [2.45, 2.75) is 12.8 Å². The molecule has 2 rings (SSSR count). The molecule has 1 aliphatic rings. The van der Waals surface area contributed by atoms with Gasteiger partial charge in [0.05, 0.1) is 5.92 Å². The Morgan fingerprint density at radius 3 is 2.67 bits per heavy atom. The Bertz CT molecular complexity index is 674. The van der Waals surface area contributed by atoms with Crippen molar-refractivity contribution in [2.75, 3.05) is 33.3 Å². The number of carboxylic acid groups (broad SMARTS) is 1. The molecule has 1 fully saturated rings. The number of hydrogen-bond donors (Lipinski definition) is 1. The third-order valence-corrected chi connectivity index (χ3v) is 6.22. The number of aliphatic carboxylic acids is 1. The first-order chi connectivity index (χ1) is 11.3. The summed E-state index contributed by atoms with van der Waals surface area (Å²) in [5.74, 6) is -0.751. The van der Waals surface area contributed by atoms with E-state index in [1.54, 1.807) is 24.3 Å². The summed E-state index contributed by atoms with van der Waals surface area (Å²) in [6.07, 6.45) is 0.669. The zero-order valence-electron chi connectivity index (χ0n) is 13.4. The lowest BCUT2D eigenvalue weighted by Gasteiger charge is -2.32. The van der Waals surface area contributed by atoms with Gasteiger partial charge in [0, 0.05) is 31.7 Å². The van der Waals surface area contributed by atoms with Crippen LogP contribution >= 0.6 is 11.6 Å². The van der Waals surface area contributed by atoms with Gasteiger partial charge in [-0.3, -0.25) is 4.79 Å². The van der Waals surface area contributed by atoms with Gasteiger partial charge in [0.2, 0.25) is 0 Å². The molecule has 0 spiro atoms. The number of hydrogen-bond acceptors (Lipinski definition) is 4. The zero-order valence-corrected chi connectivity index (χ0v) is 15.0. The minimum Gasteiger partial charge on any atom is -0.492 e. The molecule has 24 heavy (non-hydrogen) atoms.